The normalized spacial score (nSPS) is 16.3. The molecule has 6 nitrogen and oxygen atoms in total. The molecule has 102 valence electrons. The van der Waals surface area contributed by atoms with Crippen LogP contribution in [0.3, 0.4) is 0 Å². The van der Waals surface area contributed by atoms with Crippen molar-refractivity contribution in [1.29, 1.82) is 0 Å². The van der Waals surface area contributed by atoms with Gasteiger partial charge in [0.1, 0.15) is 0 Å². The van der Waals surface area contributed by atoms with Crippen molar-refractivity contribution in [2.24, 2.45) is 5.41 Å². The summed E-state index contributed by atoms with van der Waals surface area (Å²) in [6.45, 7) is 0.160. The highest BCUT2D eigenvalue weighted by Crippen LogP contribution is 2.40. The number of hydrogen-bond donors (Lipinski definition) is 2. The van der Waals surface area contributed by atoms with Gasteiger partial charge in [0, 0.05) is 18.8 Å². The quantitative estimate of drug-likeness (QED) is 0.830. The van der Waals surface area contributed by atoms with E-state index in [-0.39, 0.29) is 12.5 Å². The molecule has 0 unspecified atom stereocenters. The Morgan fingerprint density at radius 1 is 1.47 bits per heavy atom. The minimum Gasteiger partial charge on any atom is -0.481 e. The number of nitrogens with zero attached hydrogens (tertiary/aromatic N) is 1. The molecular weight excluding hydrogens is 248 g/mol. The van der Waals surface area contributed by atoms with Gasteiger partial charge < -0.3 is 15.2 Å². The van der Waals surface area contributed by atoms with E-state index in [0.717, 1.165) is 6.42 Å². The number of carboxylic acids is 1. The van der Waals surface area contributed by atoms with Gasteiger partial charge in [-0.15, -0.1) is 0 Å². The fourth-order valence-corrected chi connectivity index (χ4v) is 2.06. The van der Waals surface area contributed by atoms with E-state index < -0.39 is 11.4 Å². The molecule has 19 heavy (non-hydrogen) atoms. The Bertz CT molecular complexity index is 480. The molecule has 1 saturated carbocycles. The molecule has 1 amide bonds. The highest BCUT2D eigenvalue weighted by molar-refractivity contribution is 5.94. The third kappa shape index (κ3) is 2.67. The Morgan fingerprint density at radius 2 is 2.21 bits per heavy atom. The Kier molecular flexibility index (Phi) is 3.69. The molecule has 1 aromatic rings. The van der Waals surface area contributed by atoms with Gasteiger partial charge in [-0.05, 0) is 18.9 Å². The van der Waals surface area contributed by atoms with Gasteiger partial charge in [-0.3, -0.25) is 9.59 Å². The molecule has 0 aliphatic heterocycles. The van der Waals surface area contributed by atoms with Crippen LogP contribution in [-0.4, -0.2) is 35.6 Å². The first-order chi connectivity index (χ1) is 9.07. The van der Waals surface area contributed by atoms with Crippen molar-refractivity contribution in [3.05, 3.63) is 23.9 Å². The number of aromatic nitrogens is 1. The maximum absolute atomic E-state index is 11.9. The Morgan fingerprint density at radius 3 is 2.63 bits per heavy atom. The summed E-state index contributed by atoms with van der Waals surface area (Å²) in [6, 6.07) is 3.18. The topological polar surface area (TPSA) is 88.5 Å². The highest BCUT2D eigenvalue weighted by atomic mass is 16.5. The number of ether oxygens (including phenoxy) is 1. The lowest BCUT2D eigenvalue weighted by Gasteiger charge is -2.37. The average molecular weight is 264 g/mol. The maximum atomic E-state index is 11.9. The molecule has 0 bridgehead atoms. The molecule has 2 rings (SSSR count). The van der Waals surface area contributed by atoms with Crippen molar-refractivity contribution in [1.82, 2.24) is 10.3 Å². The monoisotopic (exact) mass is 264 g/mol. The molecule has 1 heterocycles. The lowest BCUT2D eigenvalue weighted by Crippen LogP contribution is -2.47. The maximum Gasteiger partial charge on any atom is 0.311 e. The van der Waals surface area contributed by atoms with Crippen LogP contribution in [0.5, 0.6) is 5.88 Å². The number of carbonyl (C=O) groups is 2. The zero-order valence-corrected chi connectivity index (χ0v) is 10.7. The van der Waals surface area contributed by atoms with Gasteiger partial charge in [0.25, 0.3) is 5.91 Å². The van der Waals surface area contributed by atoms with Gasteiger partial charge in [-0.25, -0.2) is 4.98 Å². The van der Waals surface area contributed by atoms with Crippen molar-refractivity contribution in [2.45, 2.75) is 19.3 Å². The fraction of sp³-hybridized carbons (Fsp3) is 0.462. The van der Waals surface area contributed by atoms with Crippen molar-refractivity contribution in [2.75, 3.05) is 13.7 Å². The van der Waals surface area contributed by atoms with E-state index >= 15 is 0 Å². The first-order valence-electron chi connectivity index (χ1n) is 6.09. The summed E-state index contributed by atoms with van der Waals surface area (Å²) in [5.41, 5.74) is -0.393. The largest absolute Gasteiger partial charge is 0.481 e. The molecule has 1 aliphatic carbocycles. The number of carboxylic acid groups (broad SMARTS) is 1. The Hall–Kier alpha value is -2.11. The number of carbonyl (C=O) groups excluding carboxylic acids is 1. The average Bonchev–Trinajstić information content (AvgIpc) is 2.37. The number of pyridine rings is 1. The number of amides is 1. The van der Waals surface area contributed by atoms with Gasteiger partial charge in [-0.2, -0.15) is 0 Å². The molecular formula is C13H16N2O4. The van der Waals surface area contributed by atoms with E-state index in [1.54, 1.807) is 12.1 Å². The number of nitrogens with one attached hydrogen (secondary N) is 1. The van der Waals surface area contributed by atoms with E-state index in [4.69, 9.17) is 9.84 Å². The van der Waals surface area contributed by atoms with E-state index in [1.807, 2.05) is 0 Å². The number of aliphatic carboxylic acids is 1. The summed E-state index contributed by atoms with van der Waals surface area (Å²) in [7, 11) is 1.50. The molecule has 1 aliphatic rings. The second kappa shape index (κ2) is 5.26. The predicted molar refractivity (Wildman–Crippen MR) is 67.0 cm³/mol. The van der Waals surface area contributed by atoms with Gasteiger partial charge in [-0.1, -0.05) is 6.42 Å². The molecule has 1 aromatic heterocycles. The number of hydrogen-bond acceptors (Lipinski definition) is 4. The third-order valence-corrected chi connectivity index (χ3v) is 3.56. The van der Waals surface area contributed by atoms with E-state index in [0.29, 0.717) is 24.3 Å². The Balaban J connectivity index is 1.95. The number of methoxy groups -OCH3 is 1. The van der Waals surface area contributed by atoms with Crippen LogP contribution in [-0.2, 0) is 4.79 Å². The summed E-state index contributed by atoms with van der Waals surface area (Å²) < 4.78 is 4.90. The minimum absolute atomic E-state index is 0.160. The van der Waals surface area contributed by atoms with Crippen molar-refractivity contribution in [3.63, 3.8) is 0 Å². The second-order valence-electron chi connectivity index (χ2n) is 4.71. The van der Waals surface area contributed by atoms with Crippen molar-refractivity contribution in [3.8, 4) is 5.88 Å². The van der Waals surface area contributed by atoms with Crippen molar-refractivity contribution >= 4 is 11.9 Å². The van der Waals surface area contributed by atoms with Gasteiger partial charge >= 0.3 is 5.97 Å². The SMILES string of the molecule is COc1ccc(C(=O)NCC2(C(=O)O)CCC2)cn1. The first kappa shape index (κ1) is 13.3. The zero-order chi connectivity index (χ0) is 13.9. The van der Waals surface area contributed by atoms with Crippen LogP contribution in [0.2, 0.25) is 0 Å². The van der Waals surface area contributed by atoms with Crippen LogP contribution in [0.15, 0.2) is 18.3 Å². The van der Waals surface area contributed by atoms with E-state index in [2.05, 4.69) is 10.3 Å². The molecule has 2 N–H and O–H groups in total. The molecule has 0 atom stereocenters. The second-order valence-corrected chi connectivity index (χ2v) is 4.71. The highest BCUT2D eigenvalue weighted by Gasteiger charge is 2.44. The fourth-order valence-electron chi connectivity index (χ4n) is 2.06. The lowest BCUT2D eigenvalue weighted by atomic mass is 9.69. The van der Waals surface area contributed by atoms with Crippen LogP contribution in [0, 0.1) is 5.41 Å². The van der Waals surface area contributed by atoms with Gasteiger partial charge in [0.2, 0.25) is 5.88 Å². The smallest absolute Gasteiger partial charge is 0.311 e. The molecule has 0 aromatic carbocycles. The first-order valence-corrected chi connectivity index (χ1v) is 6.09. The summed E-state index contributed by atoms with van der Waals surface area (Å²) in [6.07, 6.45) is 3.53. The summed E-state index contributed by atoms with van der Waals surface area (Å²) >= 11 is 0. The van der Waals surface area contributed by atoms with E-state index in [9.17, 15) is 9.59 Å². The summed E-state index contributed by atoms with van der Waals surface area (Å²) in [4.78, 5) is 27.0. The molecule has 0 saturated heterocycles. The molecule has 6 heteroatoms. The molecule has 0 radical (unpaired) electrons. The van der Waals surface area contributed by atoms with Crippen LogP contribution in [0.4, 0.5) is 0 Å². The molecule has 1 fully saturated rings. The summed E-state index contributed by atoms with van der Waals surface area (Å²) in [5, 5.41) is 11.8. The predicted octanol–water partition coefficient (Wildman–Crippen LogP) is 1.07. The zero-order valence-electron chi connectivity index (χ0n) is 10.7. The van der Waals surface area contributed by atoms with Crippen molar-refractivity contribution < 1.29 is 19.4 Å². The van der Waals surface area contributed by atoms with Gasteiger partial charge in [0.05, 0.1) is 18.1 Å². The summed E-state index contributed by atoms with van der Waals surface area (Å²) in [5.74, 6) is -0.730. The minimum atomic E-state index is -0.841. The van der Waals surface area contributed by atoms with E-state index in [1.165, 1.54) is 13.3 Å². The van der Waals surface area contributed by atoms with Crippen LogP contribution < -0.4 is 10.1 Å². The Labute approximate surface area is 110 Å². The molecule has 0 spiro atoms. The third-order valence-electron chi connectivity index (χ3n) is 3.56. The standard InChI is InChI=1S/C13H16N2O4/c1-19-10-4-3-9(7-14-10)11(16)15-8-13(12(17)18)5-2-6-13/h3-4,7H,2,5-6,8H2,1H3,(H,15,16)(H,17,18). The van der Waals surface area contributed by atoms with Crippen LogP contribution in [0.1, 0.15) is 29.6 Å². The van der Waals surface area contributed by atoms with Crippen LogP contribution in [0.25, 0.3) is 0 Å². The lowest BCUT2D eigenvalue weighted by molar-refractivity contribution is -0.153. The van der Waals surface area contributed by atoms with Crippen LogP contribution >= 0.6 is 0 Å². The van der Waals surface area contributed by atoms with Gasteiger partial charge in [0.15, 0.2) is 0 Å². The number of rotatable bonds is 5.